The van der Waals surface area contributed by atoms with Gasteiger partial charge in [0.15, 0.2) is 0 Å². The third kappa shape index (κ3) is 5.29. The lowest BCUT2D eigenvalue weighted by molar-refractivity contribution is 0.0783. The fourth-order valence-corrected chi connectivity index (χ4v) is 4.46. The summed E-state index contributed by atoms with van der Waals surface area (Å²) in [5.41, 5.74) is 5.81. The van der Waals surface area contributed by atoms with Gasteiger partial charge in [-0.1, -0.05) is 41.9 Å². The van der Waals surface area contributed by atoms with E-state index in [1.165, 1.54) is 22.1 Å². The number of carbonyl (C=O) groups excluding carboxylic acids is 1. The number of rotatable bonds is 7. The van der Waals surface area contributed by atoms with Crippen molar-refractivity contribution in [2.24, 2.45) is 0 Å². The average Bonchev–Trinajstić information content (AvgIpc) is 3.25. The van der Waals surface area contributed by atoms with Gasteiger partial charge in [-0.15, -0.1) is 0 Å². The molecule has 0 bridgehead atoms. The fourth-order valence-electron chi connectivity index (χ4n) is 4.25. The maximum atomic E-state index is 14.6. The van der Waals surface area contributed by atoms with Gasteiger partial charge in [-0.05, 0) is 53.4 Å². The smallest absolute Gasteiger partial charge is 0.254 e. The predicted molar refractivity (Wildman–Crippen MR) is 140 cm³/mol. The third-order valence-corrected chi connectivity index (χ3v) is 6.47. The first-order chi connectivity index (χ1) is 17.5. The number of nitrogens with zero attached hydrogens (tertiary/aromatic N) is 3. The van der Waals surface area contributed by atoms with Crippen molar-refractivity contribution in [3.8, 4) is 0 Å². The molecule has 180 valence electrons. The van der Waals surface area contributed by atoms with E-state index in [1.807, 2.05) is 12.3 Å². The molecule has 0 atom stereocenters. The minimum Gasteiger partial charge on any atom is -0.360 e. The molecule has 7 heteroatoms. The number of pyridine rings is 2. The monoisotopic (exact) mass is 498 g/mol. The Balaban J connectivity index is 1.26. The Morgan fingerprint density at radius 1 is 1.00 bits per heavy atom. The molecule has 36 heavy (non-hydrogen) atoms. The quantitative estimate of drug-likeness (QED) is 0.290. The van der Waals surface area contributed by atoms with E-state index in [0.717, 1.165) is 23.1 Å². The molecule has 1 N–H and O–H groups in total. The summed E-state index contributed by atoms with van der Waals surface area (Å²) in [6.07, 6.45) is 8.34. The number of amides is 1. The van der Waals surface area contributed by atoms with Gasteiger partial charge >= 0.3 is 0 Å². The molecule has 5 rings (SSSR count). The van der Waals surface area contributed by atoms with Crippen LogP contribution in [0.4, 0.5) is 4.39 Å². The van der Waals surface area contributed by atoms with Crippen molar-refractivity contribution in [3.05, 3.63) is 130 Å². The molecule has 0 spiro atoms. The van der Waals surface area contributed by atoms with Crippen LogP contribution < -0.4 is 0 Å². The number of fused-ring (bicyclic) bond motifs is 1. The fraction of sp³-hybridized carbons (Fsp3) is 0.138. The Labute approximate surface area is 213 Å². The molecule has 1 amide bonds. The van der Waals surface area contributed by atoms with Crippen molar-refractivity contribution < 1.29 is 9.18 Å². The van der Waals surface area contributed by atoms with Gasteiger partial charge in [-0.25, -0.2) is 4.39 Å². The number of nitrogens with one attached hydrogen (secondary N) is 1. The van der Waals surface area contributed by atoms with E-state index in [-0.39, 0.29) is 18.3 Å². The van der Waals surface area contributed by atoms with Crippen LogP contribution in [0.25, 0.3) is 10.9 Å². The number of carbonyl (C=O) groups is 1. The Hall–Kier alpha value is -4.03. The van der Waals surface area contributed by atoms with Crippen LogP contribution in [0.3, 0.4) is 0 Å². The second-order valence-corrected chi connectivity index (χ2v) is 9.26. The highest BCUT2D eigenvalue weighted by Gasteiger charge is 2.16. The summed E-state index contributed by atoms with van der Waals surface area (Å²) in [5, 5.41) is 1.25. The third-order valence-electron chi connectivity index (χ3n) is 6.16. The van der Waals surface area contributed by atoms with Crippen LogP contribution in [0.5, 0.6) is 0 Å². The number of aromatic amines is 1. The van der Waals surface area contributed by atoms with Crippen molar-refractivity contribution in [1.29, 1.82) is 0 Å². The van der Waals surface area contributed by atoms with Crippen LogP contribution in [-0.2, 0) is 19.4 Å². The summed E-state index contributed by atoms with van der Waals surface area (Å²) in [6, 6.07) is 18.9. The topological polar surface area (TPSA) is 61.9 Å². The molecular formula is C29H24ClFN4O. The number of aromatic nitrogens is 3. The molecule has 0 aliphatic rings. The van der Waals surface area contributed by atoms with Gasteiger partial charge in [0.05, 0.1) is 5.02 Å². The van der Waals surface area contributed by atoms with Crippen LogP contribution in [0.2, 0.25) is 5.02 Å². The van der Waals surface area contributed by atoms with Crippen LogP contribution in [0.1, 0.15) is 38.3 Å². The number of H-pyrrole nitrogens is 1. The van der Waals surface area contributed by atoms with E-state index >= 15 is 0 Å². The maximum Gasteiger partial charge on any atom is 0.254 e. The predicted octanol–water partition coefficient (Wildman–Crippen LogP) is 6.20. The number of halogens is 2. The number of hydrogen-bond donors (Lipinski definition) is 1. The van der Waals surface area contributed by atoms with Gasteiger partial charge in [-0.3, -0.25) is 14.8 Å². The van der Waals surface area contributed by atoms with Crippen LogP contribution >= 0.6 is 11.6 Å². The summed E-state index contributed by atoms with van der Waals surface area (Å²) in [7, 11) is 1.66. The molecule has 0 saturated carbocycles. The minimum atomic E-state index is -0.386. The summed E-state index contributed by atoms with van der Waals surface area (Å²) >= 11 is 6.18. The Morgan fingerprint density at radius 3 is 2.53 bits per heavy atom. The molecule has 0 saturated heterocycles. The summed E-state index contributed by atoms with van der Waals surface area (Å²) in [4.78, 5) is 26.1. The zero-order valence-electron chi connectivity index (χ0n) is 19.7. The van der Waals surface area contributed by atoms with E-state index in [2.05, 4.69) is 45.3 Å². The van der Waals surface area contributed by atoms with Gasteiger partial charge in [-0.2, -0.15) is 0 Å². The first-order valence-corrected chi connectivity index (χ1v) is 12.0. The van der Waals surface area contributed by atoms with E-state index in [1.54, 1.807) is 43.8 Å². The maximum absolute atomic E-state index is 14.6. The second kappa shape index (κ2) is 10.3. The molecule has 5 aromatic rings. The molecule has 0 fully saturated rings. The van der Waals surface area contributed by atoms with Crippen LogP contribution in [0.15, 0.2) is 85.5 Å². The van der Waals surface area contributed by atoms with Gasteiger partial charge in [0.25, 0.3) is 5.91 Å². The molecule has 0 unspecified atom stereocenters. The SMILES string of the molecule is CN(Cc1cc2c(Cl)c[nH]c2cc1F)C(=O)c1ccnc(Cc2ccc(Cc3cccnc3)cc2)c1. The minimum absolute atomic E-state index is 0.123. The summed E-state index contributed by atoms with van der Waals surface area (Å²) in [5.74, 6) is -0.590. The average molecular weight is 499 g/mol. The first-order valence-electron chi connectivity index (χ1n) is 11.6. The van der Waals surface area contributed by atoms with Gasteiger partial charge in [0.2, 0.25) is 0 Å². The van der Waals surface area contributed by atoms with Crippen molar-refractivity contribution in [2.45, 2.75) is 19.4 Å². The highest BCUT2D eigenvalue weighted by atomic mass is 35.5. The Bertz CT molecular complexity index is 1520. The molecule has 3 heterocycles. The molecular weight excluding hydrogens is 475 g/mol. The highest BCUT2D eigenvalue weighted by Crippen LogP contribution is 2.26. The Kier molecular flexibility index (Phi) is 6.78. The van der Waals surface area contributed by atoms with Crippen molar-refractivity contribution >= 4 is 28.4 Å². The van der Waals surface area contributed by atoms with Crippen LogP contribution in [0, 0.1) is 5.82 Å². The first kappa shape index (κ1) is 23.7. The van der Waals surface area contributed by atoms with Gasteiger partial charge in [0.1, 0.15) is 5.82 Å². The Morgan fingerprint density at radius 2 is 1.78 bits per heavy atom. The largest absolute Gasteiger partial charge is 0.360 e. The summed E-state index contributed by atoms with van der Waals surface area (Å²) < 4.78 is 14.6. The van der Waals surface area contributed by atoms with Crippen molar-refractivity contribution in [1.82, 2.24) is 19.9 Å². The number of benzene rings is 2. The highest BCUT2D eigenvalue weighted by molar-refractivity contribution is 6.35. The van der Waals surface area contributed by atoms with Crippen LogP contribution in [-0.4, -0.2) is 32.8 Å². The zero-order chi connectivity index (χ0) is 25.1. The lowest BCUT2D eigenvalue weighted by Gasteiger charge is -2.18. The summed E-state index contributed by atoms with van der Waals surface area (Å²) in [6.45, 7) is 0.123. The van der Waals surface area contributed by atoms with Crippen molar-refractivity contribution in [3.63, 3.8) is 0 Å². The van der Waals surface area contributed by atoms with E-state index in [9.17, 15) is 9.18 Å². The number of hydrogen-bond acceptors (Lipinski definition) is 3. The lowest BCUT2D eigenvalue weighted by Crippen LogP contribution is -2.26. The lowest BCUT2D eigenvalue weighted by atomic mass is 10.0. The molecule has 0 aliphatic carbocycles. The zero-order valence-corrected chi connectivity index (χ0v) is 20.5. The van der Waals surface area contributed by atoms with E-state index in [4.69, 9.17) is 11.6 Å². The molecule has 5 nitrogen and oxygen atoms in total. The van der Waals surface area contributed by atoms with Gasteiger partial charge < -0.3 is 9.88 Å². The van der Waals surface area contributed by atoms with Crippen molar-refractivity contribution in [2.75, 3.05) is 7.05 Å². The standard InChI is InChI=1S/C29H24ClFN4O/c1-35(18-23-14-25-26(30)17-34-28(25)15-27(23)31)29(36)22-8-10-33-24(13-22)12-20-6-4-19(5-7-20)11-21-3-2-9-32-16-21/h2-10,13-17,34H,11-12,18H2,1H3. The molecule has 0 radical (unpaired) electrons. The molecule has 0 aliphatic heterocycles. The second-order valence-electron chi connectivity index (χ2n) is 8.85. The van der Waals surface area contributed by atoms with E-state index in [0.29, 0.717) is 28.1 Å². The van der Waals surface area contributed by atoms with Gasteiger partial charge in [0, 0.05) is 72.5 Å². The molecule has 2 aromatic carbocycles. The molecule has 3 aromatic heterocycles. The normalized spacial score (nSPS) is 11.1. The van der Waals surface area contributed by atoms with E-state index < -0.39 is 0 Å².